The van der Waals surface area contributed by atoms with Crippen LogP contribution >= 0.6 is 11.3 Å². The first-order chi connectivity index (χ1) is 15.4. The molecular weight excluding hydrogens is 430 g/mol. The molecule has 2 fully saturated rings. The number of carbonyl (C=O) groups is 3. The Morgan fingerprint density at radius 3 is 2.38 bits per heavy atom. The fourth-order valence-electron chi connectivity index (χ4n) is 5.18. The van der Waals surface area contributed by atoms with Gasteiger partial charge in [-0.3, -0.25) is 9.59 Å². The number of anilines is 1. The Labute approximate surface area is 190 Å². The number of benzene rings is 1. The third-order valence-electron chi connectivity index (χ3n) is 6.49. The Hall–Kier alpha value is -2.87. The van der Waals surface area contributed by atoms with Crippen LogP contribution < -0.4 is 10.1 Å². The zero-order chi connectivity index (χ0) is 22.8. The highest BCUT2D eigenvalue weighted by molar-refractivity contribution is 7.15. The van der Waals surface area contributed by atoms with Crippen molar-refractivity contribution < 1.29 is 29.0 Å². The van der Waals surface area contributed by atoms with Crippen LogP contribution in [-0.4, -0.2) is 36.2 Å². The molecular formula is C24H27NO6S. The van der Waals surface area contributed by atoms with Gasteiger partial charge in [0.1, 0.15) is 16.3 Å². The number of carbonyl (C=O) groups excluding carboxylic acids is 2. The van der Waals surface area contributed by atoms with Gasteiger partial charge < -0.3 is 19.9 Å². The summed E-state index contributed by atoms with van der Waals surface area (Å²) in [6.45, 7) is 4.40. The van der Waals surface area contributed by atoms with Gasteiger partial charge in [-0.15, -0.1) is 11.3 Å². The molecule has 2 bridgehead atoms. The van der Waals surface area contributed by atoms with Crippen LogP contribution in [0.1, 0.15) is 43.5 Å². The van der Waals surface area contributed by atoms with E-state index in [-0.39, 0.29) is 24.3 Å². The molecule has 170 valence electrons. The largest absolute Gasteiger partial charge is 0.494 e. The van der Waals surface area contributed by atoms with Crippen LogP contribution in [0.5, 0.6) is 5.75 Å². The van der Waals surface area contributed by atoms with Crippen molar-refractivity contribution in [2.75, 3.05) is 18.5 Å². The molecule has 2 aliphatic carbocycles. The summed E-state index contributed by atoms with van der Waals surface area (Å²) in [6, 6.07) is 7.38. The first kappa shape index (κ1) is 22.3. The number of rotatable bonds is 8. The molecule has 2 aliphatic rings. The number of carboxylic acid groups (broad SMARTS) is 1. The Kier molecular flexibility index (Phi) is 6.50. The van der Waals surface area contributed by atoms with Gasteiger partial charge in [-0.2, -0.15) is 0 Å². The van der Waals surface area contributed by atoms with Crippen LogP contribution in [0.25, 0.3) is 11.1 Å². The number of ether oxygens (including phenoxy) is 2. The number of thiophene rings is 1. The fourth-order valence-corrected chi connectivity index (χ4v) is 6.15. The molecule has 0 unspecified atom stereocenters. The molecule has 2 N–H and O–H groups in total. The Bertz CT molecular complexity index is 1010. The van der Waals surface area contributed by atoms with Crippen molar-refractivity contribution in [3.63, 3.8) is 0 Å². The van der Waals surface area contributed by atoms with Crippen molar-refractivity contribution in [2.45, 2.75) is 33.1 Å². The van der Waals surface area contributed by atoms with Crippen molar-refractivity contribution in [1.82, 2.24) is 0 Å². The predicted octanol–water partition coefficient (Wildman–Crippen LogP) is 4.68. The smallest absolute Gasteiger partial charge is 0.341 e. The number of carboxylic acids is 1. The number of hydrogen-bond donors (Lipinski definition) is 2. The Morgan fingerprint density at radius 2 is 1.75 bits per heavy atom. The van der Waals surface area contributed by atoms with Gasteiger partial charge in [-0.1, -0.05) is 12.1 Å². The van der Waals surface area contributed by atoms with Crippen LogP contribution in [0, 0.1) is 23.7 Å². The predicted molar refractivity (Wildman–Crippen MR) is 121 cm³/mol. The SMILES string of the molecule is CCOC(=O)c1c(-c2ccc(OCC)cc2)csc1NC(=O)[C@H]1[C@H]2CC[C@@H](C2)[C@H]1C(=O)O. The molecule has 1 amide bonds. The van der Waals surface area contributed by atoms with E-state index in [9.17, 15) is 19.5 Å². The average Bonchev–Trinajstić information content (AvgIpc) is 3.49. The minimum Gasteiger partial charge on any atom is -0.494 e. The van der Waals surface area contributed by atoms with Crippen molar-refractivity contribution >= 4 is 34.2 Å². The van der Waals surface area contributed by atoms with E-state index in [1.807, 2.05) is 36.6 Å². The minimum atomic E-state index is -0.913. The summed E-state index contributed by atoms with van der Waals surface area (Å²) in [6.07, 6.45) is 2.52. The maximum atomic E-state index is 13.2. The van der Waals surface area contributed by atoms with E-state index >= 15 is 0 Å². The molecule has 2 saturated carbocycles. The summed E-state index contributed by atoms with van der Waals surface area (Å²) >= 11 is 1.24. The van der Waals surface area contributed by atoms with Crippen molar-refractivity contribution in [3.8, 4) is 16.9 Å². The molecule has 4 rings (SSSR count). The van der Waals surface area contributed by atoms with Crippen LogP contribution in [0.3, 0.4) is 0 Å². The number of nitrogens with one attached hydrogen (secondary N) is 1. The van der Waals surface area contributed by atoms with E-state index in [4.69, 9.17) is 9.47 Å². The summed E-state index contributed by atoms with van der Waals surface area (Å²) < 4.78 is 10.8. The average molecular weight is 458 g/mol. The van der Waals surface area contributed by atoms with E-state index in [1.54, 1.807) is 6.92 Å². The number of aliphatic carboxylic acids is 1. The van der Waals surface area contributed by atoms with Gasteiger partial charge in [-0.25, -0.2) is 4.79 Å². The first-order valence-electron chi connectivity index (χ1n) is 11.0. The van der Waals surface area contributed by atoms with Gasteiger partial charge in [0.2, 0.25) is 5.91 Å². The van der Waals surface area contributed by atoms with Gasteiger partial charge in [0.15, 0.2) is 0 Å². The van der Waals surface area contributed by atoms with E-state index in [0.29, 0.717) is 22.7 Å². The highest BCUT2D eigenvalue weighted by Crippen LogP contribution is 2.53. The second-order valence-electron chi connectivity index (χ2n) is 8.24. The van der Waals surface area contributed by atoms with Crippen LogP contribution in [0.15, 0.2) is 29.6 Å². The molecule has 2 aromatic rings. The van der Waals surface area contributed by atoms with Gasteiger partial charge in [0, 0.05) is 10.9 Å². The summed E-state index contributed by atoms with van der Waals surface area (Å²) in [5.74, 6) is -2.12. The maximum Gasteiger partial charge on any atom is 0.341 e. The van der Waals surface area contributed by atoms with E-state index in [0.717, 1.165) is 30.6 Å². The molecule has 8 heteroatoms. The third-order valence-corrected chi connectivity index (χ3v) is 7.38. The van der Waals surface area contributed by atoms with Crippen LogP contribution in [0.2, 0.25) is 0 Å². The van der Waals surface area contributed by atoms with Gasteiger partial charge in [0.25, 0.3) is 0 Å². The standard InChI is InChI=1S/C24H27NO6S/c1-3-30-16-9-7-13(8-10-16)17-12-32-22(20(17)24(29)31-4-2)25-21(26)18-14-5-6-15(11-14)19(18)23(27)28/h7-10,12,14-15,18-19H,3-6,11H2,1-2H3,(H,25,26)(H,27,28)/t14-,15-,18-,19+/m0/s1. The molecule has 1 heterocycles. The zero-order valence-corrected chi connectivity index (χ0v) is 18.9. The summed E-state index contributed by atoms with van der Waals surface area (Å²) in [5.41, 5.74) is 1.76. The minimum absolute atomic E-state index is 0.0560. The lowest BCUT2D eigenvalue weighted by molar-refractivity contribution is -0.148. The number of esters is 1. The number of hydrogen-bond acceptors (Lipinski definition) is 6. The Balaban J connectivity index is 1.63. The summed E-state index contributed by atoms with van der Waals surface area (Å²) in [5, 5.41) is 14.8. The van der Waals surface area contributed by atoms with E-state index in [1.165, 1.54) is 11.3 Å². The van der Waals surface area contributed by atoms with Crippen molar-refractivity contribution in [3.05, 3.63) is 35.2 Å². The number of fused-ring (bicyclic) bond motifs is 2. The summed E-state index contributed by atoms with van der Waals surface area (Å²) in [4.78, 5) is 37.8. The maximum absolute atomic E-state index is 13.2. The molecule has 1 aromatic carbocycles. The third kappa shape index (κ3) is 4.11. The highest BCUT2D eigenvalue weighted by atomic mass is 32.1. The van der Waals surface area contributed by atoms with Crippen molar-refractivity contribution in [1.29, 1.82) is 0 Å². The van der Waals surface area contributed by atoms with E-state index < -0.39 is 23.8 Å². The zero-order valence-electron chi connectivity index (χ0n) is 18.1. The first-order valence-corrected chi connectivity index (χ1v) is 11.9. The van der Waals surface area contributed by atoms with Crippen molar-refractivity contribution in [2.24, 2.45) is 23.7 Å². The molecule has 0 radical (unpaired) electrons. The van der Waals surface area contributed by atoms with Crippen LogP contribution in [0.4, 0.5) is 5.00 Å². The molecule has 0 spiro atoms. The molecule has 0 saturated heterocycles. The lowest BCUT2D eigenvalue weighted by Gasteiger charge is -2.27. The quantitative estimate of drug-likeness (QED) is 0.558. The lowest BCUT2D eigenvalue weighted by atomic mass is 9.79. The van der Waals surface area contributed by atoms with E-state index in [2.05, 4.69) is 5.32 Å². The molecule has 1 aromatic heterocycles. The molecule has 4 atom stereocenters. The van der Waals surface area contributed by atoms with Gasteiger partial charge >= 0.3 is 11.9 Å². The molecule has 32 heavy (non-hydrogen) atoms. The van der Waals surface area contributed by atoms with Gasteiger partial charge in [-0.05, 0) is 62.6 Å². The van der Waals surface area contributed by atoms with Crippen LogP contribution in [-0.2, 0) is 14.3 Å². The molecule has 0 aliphatic heterocycles. The Morgan fingerprint density at radius 1 is 1.06 bits per heavy atom. The number of amides is 1. The second kappa shape index (κ2) is 9.32. The highest BCUT2D eigenvalue weighted by Gasteiger charge is 2.54. The second-order valence-corrected chi connectivity index (χ2v) is 9.12. The molecule has 7 nitrogen and oxygen atoms in total. The summed E-state index contributed by atoms with van der Waals surface area (Å²) in [7, 11) is 0. The lowest BCUT2D eigenvalue weighted by Crippen LogP contribution is -2.37. The fraction of sp³-hybridized carbons (Fsp3) is 0.458. The normalized spacial score (nSPS) is 23.7. The van der Waals surface area contributed by atoms with Gasteiger partial charge in [0.05, 0.1) is 25.0 Å². The monoisotopic (exact) mass is 457 g/mol. The topological polar surface area (TPSA) is 102 Å².